The van der Waals surface area contributed by atoms with Crippen molar-refractivity contribution in [2.75, 3.05) is 37.7 Å². The molecule has 0 spiro atoms. The van der Waals surface area contributed by atoms with Gasteiger partial charge in [0.25, 0.3) is 0 Å². The van der Waals surface area contributed by atoms with E-state index in [-0.39, 0.29) is 11.7 Å². The summed E-state index contributed by atoms with van der Waals surface area (Å²) in [7, 11) is -2.83. The van der Waals surface area contributed by atoms with Gasteiger partial charge in [-0.2, -0.15) is 0 Å². The van der Waals surface area contributed by atoms with Crippen molar-refractivity contribution in [1.82, 2.24) is 15.5 Å². The van der Waals surface area contributed by atoms with Gasteiger partial charge in [0.2, 0.25) is 0 Å². The van der Waals surface area contributed by atoms with Crippen LogP contribution in [0.1, 0.15) is 43.7 Å². The third kappa shape index (κ3) is 6.78. The molecule has 0 aromatic heterocycles. The number of rotatable bonds is 7. The summed E-state index contributed by atoms with van der Waals surface area (Å²) >= 11 is 0. The van der Waals surface area contributed by atoms with Crippen LogP contribution in [0.4, 0.5) is 0 Å². The van der Waals surface area contributed by atoms with E-state index in [9.17, 15) is 8.42 Å². The van der Waals surface area contributed by atoms with Crippen molar-refractivity contribution in [3.8, 4) is 0 Å². The van der Waals surface area contributed by atoms with Gasteiger partial charge in [0.05, 0.1) is 18.1 Å². The highest BCUT2D eigenvalue weighted by molar-refractivity contribution is 7.91. The molecular weight excluding hydrogens is 372 g/mol. The number of piperidine rings is 1. The lowest BCUT2D eigenvalue weighted by Crippen LogP contribution is -2.40. The van der Waals surface area contributed by atoms with E-state index in [1.165, 1.54) is 43.5 Å². The van der Waals surface area contributed by atoms with Crippen LogP contribution in [0.3, 0.4) is 0 Å². The number of nitrogens with zero attached hydrogens (tertiary/aromatic N) is 2. The van der Waals surface area contributed by atoms with Crippen molar-refractivity contribution in [3.05, 3.63) is 35.4 Å². The van der Waals surface area contributed by atoms with E-state index in [1.54, 1.807) is 0 Å². The van der Waals surface area contributed by atoms with Crippen LogP contribution < -0.4 is 10.6 Å². The maximum Gasteiger partial charge on any atom is 0.191 e. The third-order valence-electron chi connectivity index (χ3n) is 5.53. The van der Waals surface area contributed by atoms with Crippen LogP contribution >= 0.6 is 0 Å². The topological polar surface area (TPSA) is 73.8 Å². The maximum atomic E-state index is 11.6. The first-order chi connectivity index (χ1) is 13.5. The van der Waals surface area contributed by atoms with Gasteiger partial charge in [0.15, 0.2) is 15.8 Å². The highest BCUT2D eigenvalue weighted by atomic mass is 32.2. The molecule has 0 aliphatic carbocycles. The summed E-state index contributed by atoms with van der Waals surface area (Å²) in [4.78, 5) is 7.20. The Bertz CT molecular complexity index is 740. The summed E-state index contributed by atoms with van der Waals surface area (Å²) in [5.41, 5.74) is 2.55. The normalized spacial score (nSPS) is 22.9. The number of sulfone groups is 1. The molecule has 1 atom stereocenters. The zero-order valence-electron chi connectivity index (χ0n) is 17.0. The van der Waals surface area contributed by atoms with E-state index >= 15 is 0 Å². The van der Waals surface area contributed by atoms with Crippen LogP contribution in [0.15, 0.2) is 29.3 Å². The molecule has 3 rings (SSSR count). The molecule has 2 aliphatic heterocycles. The molecular formula is C21H34N4O2S. The highest BCUT2D eigenvalue weighted by Crippen LogP contribution is 2.17. The zero-order chi connectivity index (χ0) is 19.8. The average Bonchev–Trinajstić information content (AvgIpc) is 3.05. The molecule has 1 unspecified atom stereocenters. The molecule has 6 nitrogen and oxygen atoms in total. The van der Waals surface area contributed by atoms with E-state index in [0.29, 0.717) is 18.8 Å². The molecule has 2 fully saturated rings. The number of hydrogen-bond acceptors (Lipinski definition) is 4. The quantitative estimate of drug-likeness (QED) is 0.536. The number of nitrogens with one attached hydrogen (secondary N) is 2. The molecule has 0 bridgehead atoms. The van der Waals surface area contributed by atoms with Gasteiger partial charge < -0.3 is 10.6 Å². The Labute approximate surface area is 169 Å². The fourth-order valence-electron chi connectivity index (χ4n) is 3.91. The van der Waals surface area contributed by atoms with E-state index in [0.717, 1.165) is 25.5 Å². The van der Waals surface area contributed by atoms with Crippen LogP contribution in [-0.2, 0) is 22.9 Å². The maximum absolute atomic E-state index is 11.6. The number of aliphatic imine (C=N–C) groups is 1. The summed E-state index contributed by atoms with van der Waals surface area (Å²) in [5.74, 6) is 1.54. The van der Waals surface area contributed by atoms with Crippen molar-refractivity contribution in [2.24, 2.45) is 10.9 Å². The minimum atomic E-state index is -2.83. The Hall–Kier alpha value is -1.60. The van der Waals surface area contributed by atoms with Gasteiger partial charge >= 0.3 is 0 Å². The van der Waals surface area contributed by atoms with E-state index in [4.69, 9.17) is 0 Å². The van der Waals surface area contributed by atoms with Crippen LogP contribution in [-0.4, -0.2) is 57.0 Å². The van der Waals surface area contributed by atoms with Crippen molar-refractivity contribution in [1.29, 1.82) is 0 Å². The lowest BCUT2D eigenvalue weighted by atomic mass is 10.1. The predicted octanol–water partition coefficient (Wildman–Crippen LogP) is 2.16. The third-order valence-corrected chi connectivity index (χ3v) is 7.36. The van der Waals surface area contributed by atoms with Gasteiger partial charge in [-0.05, 0) is 56.3 Å². The van der Waals surface area contributed by atoms with Gasteiger partial charge in [-0.25, -0.2) is 13.4 Å². The first-order valence-electron chi connectivity index (χ1n) is 10.6. The molecule has 2 heterocycles. The van der Waals surface area contributed by atoms with E-state index < -0.39 is 9.84 Å². The zero-order valence-corrected chi connectivity index (χ0v) is 17.8. The van der Waals surface area contributed by atoms with Gasteiger partial charge in [-0.15, -0.1) is 0 Å². The average molecular weight is 407 g/mol. The minimum absolute atomic E-state index is 0.183. The molecule has 156 valence electrons. The van der Waals surface area contributed by atoms with E-state index in [1.807, 2.05) is 6.92 Å². The number of benzene rings is 1. The predicted molar refractivity (Wildman–Crippen MR) is 115 cm³/mol. The molecule has 0 saturated carbocycles. The molecule has 0 radical (unpaired) electrons. The van der Waals surface area contributed by atoms with Crippen LogP contribution in [0, 0.1) is 5.92 Å². The lowest BCUT2D eigenvalue weighted by Gasteiger charge is -2.26. The molecule has 1 aromatic rings. The van der Waals surface area contributed by atoms with E-state index in [2.05, 4.69) is 44.8 Å². The molecule has 2 aliphatic rings. The summed E-state index contributed by atoms with van der Waals surface area (Å²) in [6, 6.07) is 8.75. The van der Waals surface area contributed by atoms with Crippen molar-refractivity contribution in [2.45, 2.75) is 45.7 Å². The Kier molecular flexibility index (Phi) is 7.73. The Morgan fingerprint density at radius 1 is 1.11 bits per heavy atom. The number of hydrogen-bond donors (Lipinski definition) is 2. The van der Waals surface area contributed by atoms with Crippen LogP contribution in [0.5, 0.6) is 0 Å². The summed E-state index contributed by atoms with van der Waals surface area (Å²) < 4.78 is 23.2. The first-order valence-corrected chi connectivity index (χ1v) is 12.4. The molecule has 2 N–H and O–H groups in total. The SMILES string of the molecule is CCNC(=NCc1ccc(CN2CCCCC2)cc1)NCC1CCS(=O)(=O)C1. The van der Waals surface area contributed by atoms with Gasteiger partial charge in [-0.3, -0.25) is 4.90 Å². The fourth-order valence-corrected chi connectivity index (χ4v) is 5.77. The largest absolute Gasteiger partial charge is 0.357 e. The van der Waals surface area contributed by atoms with Crippen LogP contribution in [0.2, 0.25) is 0 Å². The molecule has 1 aromatic carbocycles. The van der Waals surface area contributed by atoms with Crippen molar-refractivity contribution >= 4 is 15.8 Å². The Morgan fingerprint density at radius 3 is 2.46 bits per heavy atom. The Morgan fingerprint density at radius 2 is 1.82 bits per heavy atom. The number of guanidine groups is 1. The van der Waals surface area contributed by atoms with Crippen molar-refractivity contribution < 1.29 is 8.42 Å². The Balaban J connectivity index is 1.49. The summed E-state index contributed by atoms with van der Waals surface area (Å²) in [6.07, 6.45) is 4.75. The smallest absolute Gasteiger partial charge is 0.191 e. The molecule has 0 amide bonds. The fraction of sp³-hybridized carbons (Fsp3) is 0.667. The monoisotopic (exact) mass is 406 g/mol. The molecule has 28 heavy (non-hydrogen) atoms. The van der Waals surface area contributed by atoms with Crippen molar-refractivity contribution in [3.63, 3.8) is 0 Å². The van der Waals surface area contributed by atoms with Gasteiger partial charge in [-0.1, -0.05) is 30.7 Å². The number of likely N-dealkylation sites (tertiary alicyclic amines) is 1. The highest BCUT2D eigenvalue weighted by Gasteiger charge is 2.27. The second-order valence-electron chi connectivity index (χ2n) is 8.00. The summed E-state index contributed by atoms with van der Waals surface area (Å²) in [5, 5.41) is 6.55. The van der Waals surface area contributed by atoms with Gasteiger partial charge in [0, 0.05) is 19.6 Å². The summed E-state index contributed by atoms with van der Waals surface area (Å²) in [6.45, 7) is 7.55. The van der Waals surface area contributed by atoms with Crippen LogP contribution in [0.25, 0.3) is 0 Å². The second kappa shape index (κ2) is 10.3. The van der Waals surface area contributed by atoms with Gasteiger partial charge in [0.1, 0.15) is 0 Å². The second-order valence-corrected chi connectivity index (χ2v) is 10.2. The lowest BCUT2D eigenvalue weighted by molar-refractivity contribution is 0.221. The minimum Gasteiger partial charge on any atom is -0.357 e. The molecule has 2 saturated heterocycles. The first kappa shape index (κ1) is 21.1. The molecule has 7 heteroatoms. The standard InChI is InChI=1S/C21H34N4O2S/c1-2-22-21(24-15-20-10-13-28(26,27)17-20)23-14-18-6-8-19(9-7-18)16-25-11-4-3-5-12-25/h6-9,20H,2-5,10-17H2,1H3,(H2,22,23,24).